The van der Waals surface area contributed by atoms with Gasteiger partial charge in [0.1, 0.15) is 0 Å². The largest absolute Gasteiger partial charge is 0.395 e. The molecule has 90 valence electrons. The predicted octanol–water partition coefficient (Wildman–Crippen LogP) is 1.54. The van der Waals surface area contributed by atoms with Crippen LogP contribution >= 0.6 is 15.9 Å². The van der Waals surface area contributed by atoms with E-state index in [2.05, 4.69) is 35.0 Å². The molecule has 0 aliphatic heterocycles. The summed E-state index contributed by atoms with van der Waals surface area (Å²) in [5.74, 6) is 0. The molecule has 0 saturated heterocycles. The summed E-state index contributed by atoms with van der Waals surface area (Å²) in [7, 11) is 1.90. The molecular weight excluding hydrogens is 270 g/mol. The molecule has 0 aromatic heterocycles. The number of aryl methyl sites for hydroxylation is 1. The maximum atomic E-state index is 9.09. The number of likely N-dealkylation sites (N-methyl/N-ethyl adjacent to an activating group) is 1. The Hall–Kier alpha value is -0.420. The number of nitrogens with zero attached hydrogens (tertiary/aromatic N) is 1. The highest BCUT2D eigenvalue weighted by Crippen LogP contribution is 2.17. The fraction of sp³-hybridized carbons (Fsp3) is 0.500. The third-order valence-corrected chi connectivity index (χ3v) is 3.27. The van der Waals surface area contributed by atoms with Gasteiger partial charge in [0, 0.05) is 11.0 Å². The van der Waals surface area contributed by atoms with Gasteiger partial charge in [-0.15, -0.1) is 0 Å². The minimum Gasteiger partial charge on any atom is -0.395 e. The maximum Gasteiger partial charge on any atom is 0.0609 e. The first kappa shape index (κ1) is 13.6. The van der Waals surface area contributed by atoms with Gasteiger partial charge < -0.3 is 10.2 Å². The summed E-state index contributed by atoms with van der Waals surface area (Å²) in [6, 6.07) is 5.94. The van der Waals surface area contributed by atoms with Gasteiger partial charge in [-0.2, -0.15) is 0 Å². The highest BCUT2D eigenvalue weighted by atomic mass is 79.9. The fourth-order valence-electron chi connectivity index (χ4n) is 1.54. The number of halogens is 1. The summed E-state index contributed by atoms with van der Waals surface area (Å²) in [4.78, 5) is 1.95. The molecule has 0 unspecified atom stereocenters. The smallest absolute Gasteiger partial charge is 0.0609 e. The van der Waals surface area contributed by atoms with Gasteiger partial charge in [0.05, 0.1) is 19.3 Å². The van der Waals surface area contributed by atoms with Crippen LogP contribution in [0.2, 0.25) is 0 Å². The number of rotatable bonds is 5. The predicted molar refractivity (Wildman–Crippen MR) is 68.3 cm³/mol. The quantitative estimate of drug-likeness (QED) is 0.864. The molecule has 4 heteroatoms. The lowest BCUT2D eigenvalue weighted by atomic mass is 10.1. The van der Waals surface area contributed by atoms with E-state index < -0.39 is 0 Å². The molecule has 16 heavy (non-hydrogen) atoms. The Balaban J connectivity index is 2.75. The Labute approximate surface area is 105 Å². The summed E-state index contributed by atoms with van der Waals surface area (Å²) in [5.41, 5.74) is 2.41. The van der Waals surface area contributed by atoms with Crippen molar-refractivity contribution in [2.75, 3.05) is 20.3 Å². The molecule has 0 heterocycles. The number of hydrogen-bond donors (Lipinski definition) is 2. The Morgan fingerprint density at radius 3 is 2.50 bits per heavy atom. The average Bonchev–Trinajstić information content (AvgIpc) is 2.25. The van der Waals surface area contributed by atoms with Gasteiger partial charge in [-0.3, -0.25) is 4.90 Å². The van der Waals surface area contributed by atoms with Crippen LogP contribution in [-0.4, -0.2) is 41.4 Å². The van der Waals surface area contributed by atoms with Crippen molar-refractivity contribution in [3.63, 3.8) is 0 Å². The first-order chi connectivity index (χ1) is 7.58. The van der Waals surface area contributed by atoms with Crippen LogP contribution in [-0.2, 0) is 6.54 Å². The van der Waals surface area contributed by atoms with E-state index in [9.17, 15) is 0 Å². The molecule has 0 bridgehead atoms. The van der Waals surface area contributed by atoms with Crippen LogP contribution in [0.1, 0.15) is 11.1 Å². The van der Waals surface area contributed by atoms with E-state index in [1.165, 1.54) is 11.1 Å². The Kier molecular flexibility index (Phi) is 5.41. The summed E-state index contributed by atoms with van der Waals surface area (Å²) in [6.45, 7) is 2.72. The third kappa shape index (κ3) is 3.56. The Bertz CT molecular complexity index is 340. The minimum atomic E-state index is -0.196. The molecule has 3 nitrogen and oxygen atoms in total. The molecule has 2 N–H and O–H groups in total. The Morgan fingerprint density at radius 1 is 1.31 bits per heavy atom. The molecule has 1 aromatic carbocycles. The second-order valence-electron chi connectivity index (χ2n) is 4.00. The van der Waals surface area contributed by atoms with Gasteiger partial charge in [0.25, 0.3) is 0 Å². The number of aliphatic hydroxyl groups excluding tert-OH is 2. The van der Waals surface area contributed by atoms with Crippen molar-refractivity contribution in [2.24, 2.45) is 0 Å². The van der Waals surface area contributed by atoms with E-state index in [1.807, 2.05) is 18.0 Å². The first-order valence-corrected chi connectivity index (χ1v) is 6.04. The van der Waals surface area contributed by atoms with E-state index in [0.717, 1.165) is 11.0 Å². The zero-order valence-corrected chi connectivity index (χ0v) is 11.2. The van der Waals surface area contributed by atoms with Crippen molar-refractivity contribution in [3.8, 4) is 0 Å². The fourth-order valence-corrected chi connectivity index (χ4v) is 1.95. The van der Waals surface area contributed by atoms with Gasteiger partial charge in [-0.25, -0.2) is 0 Å². The number of benzene rings is 1. The van der Waals surface area contributed by atoms with Crippen molar-refractivity contribution in [2.45, 2.75) is 19.5 Å². The van der Waals surface area contributed by atoms with Crippen molar-refractivity contribution in [1.82, 2.24) is 4.90 Å². The molecule has 0 aliphatic carbocycles. The molecule has 0 saturated carbocycles. The van der Waals surface area contributed by atoms with E-state index in [1.54, 1.807) is 0 Å². The lowest BCUT2D eigenvalue weighted by Crippen LogP contribution is -2.37. The molecular formula is C12H18BrNO2. The van der Waals surface area contributed by atoms with Crippen LogP contribution in [0.4, 0.5) is 0 Å². The minimum absolute atomic E-state index is 0.0277. The number of hydrogen-bond acceptors (Lipinski definition) is 3. The Morgan fingerprint density at radius 2 is 1.94 bits per heavy atom. The molecule has 0 radical (unpaired) electrons. The lowest BCUT2D eigenvalue weighted by Gasteiger charge is -2.25. The second kappa shape index (κ2) is 6.35. The monoisotopic (exact) mass is 287 g/mol. The molecule has 1 aromatic rings. The summed E-state index contributed by atoms with van der Waals surface area (Å²) >= 11 is 3.44. The highest BCUT2D eigenvalue weighted by molar-refractivity contribution is 9.10. The zero-order chi connectivity index (χ0) is 12.1. The van der Waals surface area contributed by atoms with Crippen molar-refractivity contribution >= 4 is 15.9 Å². The molecule has 0 aliphatic rings. The molecule has 1 rings (SSSR count). The van der Waals surface area contributed by atoms with Crippen LogP contribution < -0.4 is 0 Å². The molecule has 0 spiro atoms. The second-order valence-corrected chi connectivity index (χ2v) is 4.92. The summed E-state index contributed by atoms with van der Waals surface area (Å²) in [6.07, 6.45) is 0. The topological polar surface area (TPSA) is 43.7 Å². The molecule has 0 fully saturated rings. The number of aliphatic hydroxyl groups is 2. The standard InChI is InChI=1S/C12H18BrNO2/c1-9-3-4-11(13)5-10(9)6-14(2)12(7-15)8-16/h3-5,12,15-16H,6-8H2,1-2H3. The van der Waals surface area contributed by atoms with Crippen molar-refractivity contribution < 1.29 is 10.2 Å². The summed E-state index contributed by atoms with van der Waals surface area (Å²) in [5, 5.41) is 18.2. The van der Waals surface area contributed by atoms with Crippen LogP contribution in [0.15, 0.2) is 22.7 Å². The highest BCUT2D eigenvalue weighted by Gasteiger charge is 2.13. The molecule has 0 amide bonds. The van der Waals surface area contributed by atoms with E-state index in [0.29, 0.717) is 0 Å². The lowest BCUT2D eigenvalue weighted by molar-refractivity contribution is 0.0872. The normalized spacial score (nSPS) is 11.4. The zero-order valence-electron chi connectivity index (χ0n) is 9.65. The van der Waals surface area contributed by atoms with Gasteiger partial charge in [-0.1, -0.05) is 22.0 Å². The van der Waals surface area contributed by atoms with Crippen LogP contribution in [0.3, 0.4) is 0 Å². The van der Waals surface area contributed by atoms with Crippen LogP contribution in [0.25, 0.3) is 0 Å². The van der Waals surface area contributed by atoms with E-state index >= 15 is 0 Å². The van der Waals surface area contributed by atoms with E-state index in [-0.39, 0.29) is 19.3 Å². The van der Waals surface area contributed by atoms with Crippen LogP contribution in [0.5, 0.6) is 0 Å². The maximum absolute atomic E-state index is 9.09. The van der Waals surface area contributed by atoms with Gasteiger partial charge in [0.2, 0.25) is 0 Å². The third-order valence-electron chi connectivity index (χ3n) is 2.78. The first-order valence-electron chi connectivity index (χ1n) is 5.25. The average molecular weight is 288 g/mol. The van der Waals surface area contributed by atoms with Gasteiger partial charge >= 0.3 is 0 Å². The molecule has 0 atom stereocenters. The van der Waals surface area contributed by atoms with Gasteiger partial charge in [-0.05, 0) is 37.2 Å². The van der Waals surface area contributed by atoms with Crippen molar-refractivity contribution in [1.29, 1.82) is 0 Å². The van der Waals surface area contributed by atoms with Crippen molar-refractivity contribution in [3.05, 3.63) is 33.8 Å². The van der Waals surface area contributed by atoms with Gasteiger partial charge in [0.15, 0.2) is 0 Å². The van der Waals surface area contributed by atoms with Crippen LogP contribution in [0, 0.1) is 6.92 Å². The SMILES string of the molecule is Cc1ccc(Br)cc1CN(C)C(CO)CO. The van der Waals surface area contributed by atoms with E-state index in [4.69, 9.17) is 10.2 Å². The summed E-state index contributed by atoms with van der Waals surface area (Å²) < 4.78 is 1.05.